The van der Waals surface area contributed by atoms with Crippen LogP contribution in [0.5, 0.6) is 5.75 Å². The summed E-state index contributed by atoms with van der Waals surface area (Å²) in [6, 6.07) is 7.65. The van der Waals surface area contributed by atoms with E-state index < -0.39 is 18.2 Å². The molecule has 1 aromatic heterocycles. The molecule has 2 aliphatic rings. The number of aliphatic hydroxyl groups is 1. The van der Waals surface area contributed by atoms with E-state index in [1.54, 1.807) is 11.8 Å². The fourth-order valence-electron chi connectivity index (χ4n) is 4.14. The molecule has 32 heavy (non-hydrogen) atoms. The van der Waals surface area contributed by atoms with Gasteiger partial charge in [0, 0.05) is 18.0 Å². The maximum Gasteiger partial charge on any atom is 0.163 e. The predicted molar refractivity (Wildman–Crippen MR) is 115 cm³/mol. The molecule has 0 bridgehead atoms. The SMILES string of the molecule is COc1cccc(-c2cn(CC3OC(OCC(O)CN)C(C)C4OC(C)(C)OC34)nn2)c1. The van der Waals surface area contributed by atoms with Gasteiger partial charge >= 0.3 is 0 Å². The highest BCUT2D eigenvalue weighted by molar-refractivity contribution is 5.59. The average molecular weight is 449 g/mol. The van der Waals surface area contributed by atoms with Crippen molar-refractivity contribution in [2.45, 2.75) is 63.8 Å². The highest BCUT2D eigenvalue weighted by Gasteiger charge is 2.54. The Bertz CT molecular complexity index is 906. The minimum atomic E-state index is -0.750. The molecule has 0 aliphatic carbocycles. The van der Waals surface area contributed by atoms with Crippen LogP contribution in [0, 0.1) is 5.92 Å². The molecule has 176 valence electrons. The number of fused-ring (bicyclic) bond motifs is 1. The van der Waals surface area contributed by atoms with Crippen molar-refractivity contribution in [2.75, 3.05) is 20.3 Å². The first kappa shape index (κ1) is 23.1. The number of nitrogens with zero attached hydrogens (tertiary/aromatic N) is 3. The second-order valence-electron chi connectivity index (χ2n) is 8.75. The number of benzene rings is 1. The van der Waals surface area contributed by atoms with E-state index >= 15 is 0 Å². The summed E-state index contributed by atoms with van der Waals surface area (Å²) in [5.41, 5.74) is 7.14. The summed E-state index contributed by atoms with van der Waals surface area (Å²) >= 11 is 0. The van der Waals surface area contributed by atoms with Gasteiger partial charge in [0.1, 0.15) is 23.7 Å². The third kappa shape index (κ3) is 4.95. The Labute approximate surface area is 187 Å². The van der Waals surface area contributed by atoms with Gasteiger partial charge in [0.2, 0.25) is 0 Å². The molecule has 10 nitrogen and oxygen atoms in total. The summed E-state index contributed by atoms with van der Waals surface area (Å²) in [7, 11) is 1.63. The van der Waals surface area contributed by atoms with Gasteiger partial charge in [0.15, 0.2) is 12.1 Å². The highest BCUT2D eigenvalue weighted by Crippen LogP contribution is 2.41. The number of nitrogens with two attached hydrogens (primary N) is 1. The molecule has 1 aromatic carbocycles. The van der Waals surface area contributed by atoms with Crippen molar-refractivity contribution in [1.29, 1.82) is 0 Å². The van der Waals surface area contributed by atoms with Crippen molar-refractivity contribution in [2.24, 2.45) is 11.7 Å². The second-order valence-corrected chi connectivity index (χ2v) is 8.75. The van der Waals surface area contributed by atoms with Crippen LogP contribution < -0.4 is 10.5 Å². The first-order valence-electron chi connectivity index (χ1n) is 10.8. The number of aromatic nitrogens is 3. The van der Waals surface area contributed by atoms with Crippen molar-refractivity contribution in [3.05, 3.63) is 30.5 Å². The number of aliphatic hydroxyl groups excluding tert-OH is 1. The topological polar surface area (TPSA) is 123 Å². The number of hydrogen-bond donors (Lipinski definition) is 2. The highest BCUT2D eigenvalue weighted by atomic mass is 16.8. The summed E-state index contributed by atoms with van der Waals surface area (Å²) in [6.07, 6.45) is -0.340. The summed E-state index contributed by atoms with van der Waals surface area (Å²) in [5, 5.41) is 18.4. The number of ether oxygens (including phenoxy) is 5. The lowest BCUT2D eigenvalue weighted by molar-refractivity contribution is -0.264. The number of methoxy groups -OCH3 is 1. The van der Waals surface area contributed by atoms with Crippen molar-refractivity contribution in [1.82, 2.24) is 15.0 Å². The molecule has 0 saturated carbocycles. The van der Waals surface area contributed by atoms with Crippen LogP contribution in [-0.4, -0.2) is 76.9 Å². The Morgan fingerprint density at radius 1 is 1.28 bits per heavy atom. The molecule has 0 amide bonds. The van der Waals surface area contributed by atoms with Gasteiger partial charge in [0.25, 0.3) is 0 Å². The third-order valence-corrected chi connectivity index (χ3v) is 5.78. The molecule has 6 unspecified atom stereocenters. The molecule has 2 fully saturated rings. The van der Waals surface area contributed by atoms with Gasteiger partial charge in [-0.1, -0.05) is 24.3 Å². The van der Waals surface area contributed by atoms with Gasteiger partial charge in [-0.05, 0) is 26.0 Å². The molecule has 0 spiro atoms. The quantitative estimate of drug-likeness (QED) is 0.612. The summed E-state index contributed by atoms with van der Waals surface area (Å²) < 4.78 is 31.5. The molecular formula is C22H32N4O6. The van der Waals surface area contributed by atoms with E-state index in [1.165, 1.54) is 0 Å². The van der Waals surface area contributed by atoms with Crippen molar-refractivity contribution < 1.29 is 28.8 Å². The van der Waals surface area contributed by atoms with E-state index in [4.69, 9.17) is 29.4 Å². The minimum Gasteiger partial charge on any atom is -0.497 e. The van der Waals surface area contributed by atoms with Gasteiger partial charge in [-0.2, -0.15) is 0 Å². The second kappa shape index (κ2) is 9.42. The van der Waals surface area contributed by atoms with E-state index in [9.17, 15) is 5.11 Å². The fourth-order valence-corrected chi connectivity index (χ4v) is 4.14. The molecule has 10 heteroatoms. The van der Waals surface area contributed by atoms with Crippen LogP contribution in [0.25, 0.3) is 11.3 Å². The minimum absolute atomic E-state index is 0.0865. The summed E-state index contributed by atoms with van der Waals surface area (Å²) in [5.74, 6) is -0.0701. The first-order valence-corrected chi connectivity index (χ1v) is 10.8. The van der Waals surface area contributed by atoms with Crippen LogP contribution in [0.2, 0.25) is 0 Å². The molecule has 0 radical (unpaired) electrons. The normalized spacial score (nSPS) is 30.1. The Balaban J connectivity index is 1.51. The van der Waals surface area contributed by atoms with Crippen LogP contribution in [0.3, 0.4) is 0 Å². The Morgan fingerprint density at radius 2 is 2.06 bits per heavy atom. The molecule has 2 aliphatic heterocycles. The lowest BCUT2D eigenvalue weighted by Gasteiger charge is -2.40. The van der Waals surface area contributed by atoms with Crippen LogP contribution in [-0.2, 0) is 25.5 Å². The van der Waals surface area contributed by atoms with E-state index in [0.29, 0.717) is 6.54 Å². The Morgan fingerprint density at radius 3 is 2.81 bits per heavy atom. The van der Waals surface area contributed by atoms with Crippen LogP contribution in [0.1, 0.15) is 20.8 Å². The Hall–Kier alpha value is -2.08. The molecule has 3 N–H and O–H groups in total. The summed E-state index contributed by atoms with van der Waals surface area (Å²) in [4.78, 5) is 0. The predicted octanol–water partition coefficient (Wildman–Crippen LogP) is 1.17. The van der Waals surface area contributed by atoms with Crippen molar-refractivity contribution in [3.8, 4) is 17.0 Å². The lowest BCUT2D eigenvalue weighted by atomic mass is 9.92. The monoisotopic (exact) mass is 448 g/mol. The van der Waals surface area contributed by atoms with Crippen molar-refractivity contribution in [3.63, 3.8) is 0 Å². The zero-order valence-corrected chi connectivity index (χ0v) is 18.9. The maximum atomic E-state index is 9.80. The summed E-state index contributed by atoms with van der Waals surface area (Å²) in [6.45, 7) is 6.38. The van der Waals surface area contributed by atoms with Crippen molar-refractivity contribution >= 4 is 0 Å². The molecule has 6 atom stereocenters. The van der Waals surface area contributed by atoms with Gasteiger partial charge < -0.3 is 34.5 Å². The van der Waals surface area contributed by atoms with Gasteiger partial charge in [-0.3, -0.25) is 0 Å². The average Bonchev–Trinajstić information content (AvgIpc) is 3.38. The molecular weight excluding hydrogens is 416 g/mol. The largest absolute Gasteiger partial charge is 0.497 e. The maximum absolute atomic E-state index is 9.80. The third-order valence-electron chi connectivity index (χ3n) is 5.78. The number of rotatable bonds is 8. The van der Waals surface area contributed by atoms with Gasteiger partial charge in [-0.25, -0.2) is 4.68 Å². The van der Waals surface area contributed by atoms with E-state index in [1.807, 2.05) is 51.2 Å². The zero-order chi connectivity index (χ0) is 22.9. The van der Waals surface area contributed by atoms with Crippen LogP contribution in [0.4, 0.5) is 0 Å². The van der Waals surface area contributed by atoms with E-state index in [2.05, 4.69) is 10.3 Å². The van der Waals surface area contributed by atoms with Crippen LogP contribution >= 0.6 is 0 Å². The lowest BCUT2D eigenvalue weighted by Crippen LogP contribution is -2.54. The Kier molecular flexibility index (Phi) is 6.80. The van der Waals surface area contributed by atoms with Gasteiger partial charge in [-0.15, -0.1) is 5.10 Å². The standard InChI is InChI=1S/C22H32N4O6/c1-13-19-20(32-22(2,3)31-19)18(30-21(13)29-12-15(27)9-23)11-26-10-17(24-25-26)14-6-5-7-16(8-14)28-4/h5-8,10,13,15,18-21,27H,9,11-12,23H2,1-4H3. The van der Waals surface area contributed by atoms with Crippen LogP contribution in [0.15, 0.2) is 30.5 Å². The fraction of sp³-hybridized carbons (Fsp3) is 0.636. The smallest absolute Gasteiger partial charge is 0.163 e. The van der Waals surface area contributed by atoms with Gasteiger partial charge in [0.05, 0.1) is 38.7 Å². The first-order chi connectivity index (χ1) is 15.3. The van der Waals surface area contributed by atoms with E-state index in [-0.39, 0.29) is 37.4 Å². The molecule has 4 rings (SSSR count). The molecule has 2 saturated heterocycles. The van der Waals surface area contributed by atoms with E-state index in [0.717, 1.165) is 17.0 Å². The zero-order valence-electron chi connectivity index (χ0n) is 18.9. The number of hydrogen-bond acceptors (Lipinski definition) is 9. The molecule has 2 aromatic rings. The molecule has 3 heterocycles.